The molecule has 2 aromatic rings. The number of nitrogens with one attached hydrogen (secondary N) is 1. The first-order valence-corrected chi connectivity index (χ1v) is 9.41. The Morgan fingerprint density at radius 1 is 1.25 bits per heavy atom. The number of thiophene rings is 1. The number of carbonyl (C=O) groups is 2. The summed E-state index contributed by atoms with van der Waals surface area (Å²) in [4.78, 5) is 27.3. The van der Waals surface area contributed by atoms with Crippen molar-refractivity contribution in [2.24, 2.45) is 0 Å². The highest BCUT2D eigenvalue weighted by Gasteiger charge is 2.16. The number of hydrogen-bond acceptors (Lipinski definition) is 6. The monoisotopic (exact) mass is 364 g/mol. The summed E-state index contributed by atoms with van der Waals surface area (Å²) >= 11 is 2.94. The van der Waals surface area contributed by atoms with E-state index in [-0.39, 0.29) is 12.5 Å². The lowest BCUT2D eigenvalue weighted by Crippen LogP contribution is -2.30. The van der Waals surface area contributed by atoms with Crippen LogP contribution in [0.1, 0.15) is 15.2 Å². The van der Waals surface area contributed by atoms with Gasteiger partial charge in [0.25, 0.3) is 0 Å². The van der Waals surface area contributed by atoms with Crippen molar-refractivity contribution < 1.29 is 14.3 Å². The van der Waals surface area contributed by atoms with Crippen molar-refractivity contribution in [3.8, 4) is 0 Å². The van der Waals surface area contributed by atoms with Gasteiger partial charge in [0.05, 0.1) is 19.3 Å². The number of anilines is 1. The quantitative estimate of drug-likeness (QED) is 0.603. The number of likely N-dealkylation sites (N-methyl/N-ethyl adjacent to an activating group) is 1. The molecule has 1 aromatic carbocycles. The molecule has 0 bridgehead atoms. The first-order chi connectivity index (χ1) is 11.5. The van der Waals surface area contributed by atoms with Crippen LogP contribution in [-0.4, -0.2) is 43.7 Å². The Balaban J connectivity index is 1.89. The van der Waals surface area contributed by atoms with E-state index in [1.54, 1.807) is 23.2 Å². The van der Waals surface area contributed by atoms with Gasteiger partial charge in [-0.1, -0.05) is 12.1 Å². The summed E-state index contributed by atoms with van der Waals surface area (Å²) in [5, 5.41) is 4.52. The highest BCUT2D eigenvalue weighted by molar-refractivity contribution is 7.98. The molecule has 5 nitrogen and oxygen atoms in total. The fourth-order valence-electron chi connectivity index (χ4n) is 2.19. The standard InChI is InChI=1S/C17H20N2O3S2/c1-19(10-12-4-6-13(23-3)7-5-12)11-15(20)18-14-8-9-24-16(14)17(21)22-2/h4-9H,10-11H2,1-3H3,(H,18,20). The van der Waals surface area contributed by atoms with Crippen molar-refractivity contribution in [1.29, 1.82) is 0 Å². The van der Waals surface area contributed by atoms with Gasteiger partial charge in [-0.2, -0.15) is 0 Å². The molecular formula is C17H20N2O3S2. The molecule has 0 atom stereocenters. The molecule has 0 aliphatic carbocycles. The van der Waals surface area contributed by atoms with Crippen LogP contribution >= 0.6 is 23.1 Å². The summed E-state index contributed by atoms with van der Waals surface area (Å²) in [5.74, 6) is -0.607. The minimum Gasteiger partial charge on any atom is -0.465 e. The molecule has 0 radical (unpaired) electrons. The van der Waals surface area contributed by atoms with Crippen LogP contribution in [0.5, 0.6) is 0 Å². The number of ether oxygens (including phenoxy) is 1. The average molecular weight is 364 g/mol. The molecular weight excluding hydrogens is 344 g/mol. The largest absolute Gasteiger partial charge is 0.465 e. The Morgan fingerprint density at radius 2 is 1.96 bits per heavy atom. The van der Waals surface area contributed by atoms with Gasteiger partial charge in [0.15, 0.2) is 0 Å². The topological polar surface area (TPSA) is 58.6 Å². The van der Waals surface area contributed by atoms with Gasteiger partial charge in [0.2, 0.25) is 5.91 Å². The Morgan fingerprint density at radius 3 is 2.58 bits per heavy atom. The molecule has 0 aliphatic rings. The second-order valence-electron chi connectivity index (χ2n) is 5.22. The van der Waals surface area contributed by atoms with Crippen LogP contribution in [0.4, 0.5) is 5.69 Å². The van der Waals surface area contributed by atoms with Gasteiger partial charge in [0, 0.05) is 11.4 Å². The molecule has 1 aromatic heterocycles. The Hall–Kier alpha value is -1.83. The van der Waals surface area contributed by atoms with Gasteiger partial charge in [0.1, 0.15) is 4.88 Å². The van der Waals surface area contributed by atoms with E-state index in [1.807, 2.05) is 18.2 Å². The van der Waals surface area contributed by atoms with Crippen molar-refractivity contribution in [2.75, 3.05) is 32.3 Å². The summed E-state index contributed by atoms with van der Waals surface area (Å²) < 4.78 is 4.70. The molecule has 2 rings (SSSR count). The van der Waals surface area contributed by atoms with Crippen LogP contribution in [0.2, 0.25) is 0 Å². The minimum absolute atomic E-state index is 0.165. The van der Waals surface area contributed by atoms with Crippen molar-refractivity contribution in [3.05, 3.63) is 46.2 Å². The maximum absolute atomic E-state index is 12.2. The zero-order chi connectivity index (χ0) is 17.5. The number of benzene rings is 1. The molecule has 0 unspecified atom stereocenters. The Labute approximate surface area is 150 Å². The van der Waals surface area contributed by atoms with Crippen molar-refractivity contribution in [3.63, 3.8) is 0 Å². The van der Waals surface area contributed by atoms with Crippen LogP contribution in [0.25, 0.3) is 0 Å². The Bertz CT molecular complexity index is 698. The van der Waals surface area contributed by atoms with Crippen molar-refractivity contribution in [2.45, 2.75) is 11.4 Å². The fourth-order valence-corrected chi connectivity index (χ4v) is 3.37. The maximum Gasteiger partial charge on any atom is 0.350 e. The lowest BCUT2D eigenvalue weighted by Gasteiger charge is -2.16. The third-order valence-corrected chi connectivity index (χ3v) is 4.97. The van der Waals surface area contributed by atoms with E-state index in [9.17, 15) is 9.59 Å². The SMILES string of the molecule is COC(=O)c1sccc1NC(=O)CN(C)Cc1ccc(SC)cc1. The molecule has 1 heterocycles. The third-order valence-electron chi connectivity index (χ3n) is 3.34. The molecule has 7 heteroatoms. The minimum atomic E-state index is -0.442. The molecule has 0 fully saturated rings. The Kier molecular flexibility index (Phi) is 6.84. The average Bonchev–Trinajstić information content (AvgIpc) is 3.02. The van der Waals surface area contributed by atoms with Gasteiger partial charge >= 0.3 is 5.97 Å². The number of carbonyl (C=O) groups excluding carboxylic acids is 2. The predicted octanol–water partition coefficient (Wildman–Crippen LogP) is 3.33. The molecule has 0 aliphatic heterocycles. The second kappa shape index (κ2) is 8.86. The van der Waals surface area contributed by atoms with Gasteiger partial charge in [-0.3, -0.25) is 9.69 Å². The lowest BCUT2D eigenvalue weighted by atomic mass is 10.2. The predicted molar refractivity (Wildman–Crippen MR) is 98.8 cm³/mol. The molecule has 0 spiro atoms. The zero-order valence-corrected chi connectivity index (χ0v) is 15.5. The van der Waals surface area contributed by atoms with Crippen molar-refractivity contribution in [1.82, 2.24) is 4.90 Å². The molecule has 0 saturated carbocycles. The van der Waals surface area contributed by atoms with E-state index in [1.165, 1.54) is 23.3 Å². The van der Waals surface area contributed by atoms with Gasteiger partial charge in [-0.05, 0) is 42.4 Å². The lowest BCUT2D eigenvalue weighted by molar-refractivity contribution is -0.117. The number of rotatable bonds is 7. The van der Waals surface area contributed by atoms with E-state index >= 15 is 0 Å². The fraction of sp³-hybridized carbons (Fsp3) is 0.294. The van der Waals surface area contributed by atoms with Gasteiger partial charge in [-0.15, -0.1) is 23.1 Å². The highest BCUT2D eigenvalue weighted by Crippen LogP contribution is 2.23. The van der Waals surface area contributed by atoms with E-state index in [4.69, 9.17) is 4.74 Å². The summed E-state index contributed by atoms with van der Waals surface area (Å²) in [6.07, 6.45) is 2.04. The smallest absolute Gasteiger partial charge is 0.350 e. The number of esters is 1. The van der Waals surface area contributed by atoms with Crippen LogP contribution in [0.15, 0.2) is 40.6 Å². The second-order valence-corrected chi connectivity index (χ2v) is 7.02. The van der Waals surface area contributed by atoms with E-state index < -0.39 is 5.97 Å². The van der Waals surface area contributed by atoms with Crippen LogP contribution < -0.4 is 5.32 Å². The molecule has 128 valence electrons. The third kappa shape index (κ3) is 5.09. The maximum atomic E-state index is 12.2. The number of amides is 1. The summed E-state index contributed by atoms with van der Waals surface area (Å²) in [7, 11) is 3.21. The van der Waals surface area contributed by atoms with Gasteiger partial charge < -0.3 is 10.1 Å². The van der Waals surface area contributed by atoms with Gasteiger partial charge in [-0.25, -0.2) is 4.79 Å². The number of thioether (sulfide) groups is 1. The molecule has 24 heavy (non-hydrogen) atoms. The summed E-state index contributed by atoms with van der Waals surface area (Å²) in [6, 6.07) is 9.97. The highest BCUT2D eigenvalue weighted by atomic mass is 32.2. The number of hydrogen-bond donors (Lipinski definition) is 1. The van der Waals surface area contributed by atoms with Crippen molar-refractivity contribution >= 4 is 40.7 Å². The molecule has 1 amide bonds. The first-order valence-electron chi connectivity index (χ1n) is 7.30. The zero-order valence-electron chi connectivity index (χ0n) is 13.9. The van der Waals surface area contributed by atoms with Crippen LogP contribution in [0.3, 0.4) is 0 Å². The van der Waals surface area contributed by atoms with E-state index in [2.05, 4.69) is 29.6 Å². The molecule has 1 N–H and O–H groups in total. The molecule has 0 saturated heterocycles. The number of methoxy groups -OCH3 is 1. The number of nitrogens with zero attached hydrogens (tertiary/aromatic N) is 1. The first kappa shape index (κ1) is 18.5. The van der Waals surface area contributed by atoms with E-state index in [0.717, 1.165) is 5.56 Å². The summed E-state index contributed by atoms with van der Waals surface area (Å²) in [5.41, 5.74) is 1.64. The normalized spacial score (nSPS) is 10.7. The summed E-state index contributed by atoms with van der Waals surface area (Å²) in [6.45, 7) is 0.913. The van der Waals surface area contributed by atoms with E-state index in [0.29, 0.717) is 17.1 Å². The van der Waals surface area contributed by atoms with Crippen LogP contribution in [0, 0.1) is 0 Å². The van der Waals surface area contributed by atoms with Crippen LogP contribution in [-0.2, 0) is 16.1 Å².